The van der Waals surface area contributed by atoms with Crippen LogP contribution in [-0.2, 0) is 6.54 Å². The first-order chi connectivity index (χ1) is 12.4. The highest BCUT2D eigenvalue weighted by Crippen LogP contribution is 2.26. The quantitative estimate of drug-likeness (QED) is 0.709. The number of hydrogen-bond acceptors (Lipinski definition) is 4. The van der Waals surface area contributed by atoms with Gasteiger partial charge in [-0.1, -0.05) is 12.1 Å². The number of aromatic nitrogens is 2. The Morgan fingerprint density at radius 2 is 2.00 bits per heavy atom. The third-order valence-electron chi connectivity index (χ3n) is 4.13. The van der Waals surface area contributed by atoms with Crippen molar-refractivity contribution in [2.75, 3.05) is 19.8 Å². The average Bonchev–Trinajstić information content (AvgIpc) is 2.96. The highest BCUT2D eigenvalue weighted by molar-refractivity contribution is 6.06. The van der Waals surface area contributed by atoms with Crippen LogP contribution in [0.25, 0.3) is 10.9 Å². The number of nitrogens with one attached hydrogen (secondary N) is 1. The Balaban J connectivity index is 1.93. The standard InChI is InChI=1S/C19H21N5O2/c1-12-9-13-5-4-6-16(20)17(13)24(12)18(25)14-7-8-21-15(10-14)11-22-19(26)23(2)3/h4-10H,11,20H2,1-3H3,(H,22,26). The molecule has 3 aromatic rings. The summed E-state index contributed by atoms with van der Waals surface area (Å²) < 4.78 is 1.61. The van der Waals surface area contributed by atoms with E-state index in [2.05, 4.69) is 10.3 Å². The van der Waals surface area contributed by atoms with Gasteiger partial charge in [-0.25, -0.2) is 4.79 Å². The second-order valence-electron chi connectivity index (χ2n) is 6.30. The average molecular weight is 351 g/mol. The number of nitrogen functional groups attached to an aromatic ring is 1. The summed E-state index contributed by atoms with van der Waals surface area (Å²) in [4.78, 5) is 30.4. The number of hydrogen-bond donors (Lipinski definition) is 2. The van der Waals surface area contributed by atoms with Crippen molar-refractivity contribution in [3.63, 3.8) is 0 Å². The van der Waals surface area contributed by atoms with Crippen LogP contribution in [0.1, 0.15) is 21.7 Å². The number of rotatable bonds is 3. The van der Waals surface area contributed by atoms with E-state index in [0.29, 0.717) is 22.5 Å². The van der Waals surface area contributed by atoms with Crippen LogP contribution < -0.4 is 11.1 Å². The van der Waals surface area contributed by atoms with Crippen LogP contribution in [0.3, 0.4) is 0 Å². The molecule has 7 heteroatoms. The van der Waals surface area contributed by atoms with Crippen LogP contribution in [0.15, 0.2) is 42.6 Å². The maximum Gasteiger partial charge on any atom is 0.317 e. The topological polar surface area (TPSA) is 93.2 Å². The molecule has 0 aliphatic carbocycles. The van der Waals surface area contributed by atoms with Gasteiger partial charge in [-0.2, -0.15) is 0 Å². The van der Waals surface area contributed by atoms with Crippen LogP contribution in [0.4, 0.5) is 10.5 Å². The molecular formula is C19H21N5O2. The van der Waals surface area contributed by atoms with E-state index in [1.807, 2.05) is 25.1 Å². The Hall–Kier alpha value is -3.35. The number of benzene rings is 1. The summed E-state index contributed by atoms with van der Waals surface area (Å²) >= 11 is 0. The van der Waals surface area contributed by atoms with Gasteiger partial charge in [-0.05, 0) is 31.2 Å². The number of nitrogens with zero attached hydrogens (tertiary/aromatic N) is 3. The van der Waals surface area contributed by atoms with Gasteiger partial charge in [0.1, 0.15) is 0 Å². The zero-order valence-corrected chi connectivity index (χ0v) is 15.0. The Bertz CT molecular complexity index is 991. The molecule has 0 atom stereocenters. The molecule has 0 saturated carbocycles. The lowest BCUT2D eigenvalue weighted by atomic mass is 10.2. The number of urea groups is 1. The highest BCUT2D eigenvalue weighted by Gasteiger charge is 2.17. The van der Waals surface area contributed by atoms with Gasteiger partial charge in [0.05, 0.1) is 23.4 Å². The smallest absolute Gasteiger partial charge is 0.317 e. The first kappa shape index (κ1) is 17.5. The fourth-order valence-corrected chi connectivity index (χ4v) is 2.84. The fraction of sp³-hybridized carbons (Fsp3) is 0.211. The molecule has 3 rings (SSSR count). The van der Waals surface area contributed by atoms with Crippen LogP contribution >= 0.6 is 0 Å². The van der Waals surface area contributed by atoms with Crippen LogP contribution in [-0.4, -0.2) is 40.5 Å². The molecule has 2 heterocycles. The predicted octanol–water partition coefficient (Wildman–Crippen LogP) is 2.39. The molecule has 26 heavy (non-hydrogen) atoms. The molecular weight excluding hydrogens is 330 g/mol. The maximum absolute atomic E-state index is 13.1. The van der Waals surface area contributed by atoms with E-state index in [1.165, 1.54) is 4.90 Å². The normalized spacial score (nSPS) is 10.7. The zero-order valence-electron chi connectivity index (χ0n) is 15.0. The lowest BCUT2D eigenvalue weighted by Crippen LogP contribution is -2.34. The molecule has 1 aromatic carbocycles. The number of carbonyl (C=O) groups excluding carboxylic acids is 2. The molecule has 0 fully saturated rings. The summed E-state index contributed by atoms with van der Waals surface area (Å²) in [5, 5.41) is 3.66. The van der Waals surface area contributed by atoms with Crippen LogP contribution in [0, 0.1) is 6.92 Å². The van der Waals surface area contributed by atoms with Crippen molar-refractivity contribution in [3.05, 3.63) is 59.5 Å². The number of carbonyl (C=O) groups is 2. The first-order valence-corrected chi connectivity index (χ1v) is 8.20. The first-order valence-electron chi connectivity index (χ1n) is 8.20. The summed E-state index contributed by atoms with van der Waals surface area (Å²) in [5.74, 6) is -0.182. The van der Waals surface area contributed by atoms with Crippen molar-refractivity contribution in [2.24, 2.45) is 0 Å². The van der Waals surface area contributed by atoms with Crippen molar-refractivity contribution in [1.82, 2.24) is 19.8 Å². The number of aryl methyl sites for hydroxylation is 1. The van der Waals surface area contributed by atoms with E-state index in [1.54, 1.807) is 43.1 Å². The van der Waals surface area contributed by atoms with Crippen molar-refractivity contribution in [2.45, 2.75) is 13.5 Å². The molecule has 0 saturated heterocycles. The highest BCUT2D eigenvalue weighted by atomic mass is 16.2. The van der Waals surface area contributed by atoms with Crippen molar-refractivity contribution < 1.29 is 9.59 Å². The van der Waals surface area contributed by atoms with E-state index in [-0.39, 0.29) is 18.5 Å². The van der Waals surface area contributed by atoms with Gasteiger partial charge in [-0.15, -0.1) is 0 Å². The molecule has 2 amide bonds. The minimum atomic E-state index is -0.219. The minimum absolute atomic E-state index is 0.182. The molecule has 0 spiro atoms. The number of para-hydroxylation sites is 1. The lowest BCUT2D eigenvalue weighted by Gasteiger charge is -2.12. The largest absolute Gasteiger partial charge is 0.397 e. The zero-order chi connectivity index (χ0) is 18.8. The third-order valence-corrected chi connectivity index (χ3v) is 4.13. The van der Waals surface area contributed by atoms with Gasteiger partial charge in [-0.3, -0.25) is 14.3 Å². The minimum Gasteiger partial charge on any atom is -0.397 e. The monoisotopic (exact) mass is 351 g/mol. The van der Waals surface area contributed by atoms with Gasteiger partial charge in [0.15, 0.2) is 0 Å². The summed E-state index contributed by atoms with van der Waals surface area (Å²) in [6, 6.07) is 10.6. The van der Waals surface area contributed by atoms with Gasteiger partial charge in [0.25, 0.3) is 5.91 Å². The van der Waals surface area contributed by atoms with E-state index in [4.69, 9.17) is 5.73 Å². The molecule has 2 aromatic heterocycles. The summed E-state index contributed by atoms with van der Waals surface area (Å²) in [6.45, 7) is 2.11. The Kier molecular flexibility index (Phi) is 4.62. The van der Waals surface area contributed by atoms with Crippen molar-refractivity contribution in [1.29, 1.82) is 0 Å². The second kappa shape index (κ2) is 6.87. The Labute approximate surface area is 151 Å². The predicted molar refractivity (Wildman–Crippen MR) is 101 cm³/mol. The van der Waals surface area contributed by atoms with Gasteiger partial charge >= 0.3 is 6.03 Å². The van der Waals surface area contributed by atoms with Crippen LogP contribution in [0.2, 0.25) is 0 Å². The van der Waals surface area contributed by atoms with Crippen LogP contribution in [0.5, 0.6) is 0 Å². The summed E-state index contributed by atoms with van der Waals surface area (Å²) in [5.41, 5.74) is 9.24. The number of nitrogens with two attached hydrogens (primary N) is 1. The molecule has 134 valence electrons. The number of anilines is 1. The molecule has 0 bridgehead atoms. The Morgan fingerprint density at radius 3 is 2.73 bits per heavy atom. The number of pyridine rings is 1. The van der Waals surface area contributed by atoms with Gasteiger partial charge in [0, 0.05) is 36.9 Å². The fourth-order valence-electron chi connectivity index (χ4n) is 2.84. The molecule has 0 radical (unpaired) electrons. The molecule has 0 aliphatic heterocycles. The molecule has 7 nitrogen and oxygen atoms in total. The molecule has 0 unspecified atom stereocenters. The van der Waals surface area contributed by atoms with E-state index in [9.17, 15) is 9.59 Å². The lowest BCUT2D eigenvalue weighted by molar-refractivity contribution is 0.0963. The van der Waals surface area contributed by atoms with E-state index >= 15 is 0 Å². The maximum atomic E-state index is 13.1. The van der Waals surface area contributed by atoms with Crippen molar-refractivity contribution >= 4 is 28.5 Å². The summed E-state index contributed by atoms with van der Waals surface area (Å²) in [6.07, 6.45) is 1.56. The van der Waals surface area contributed by atoms with Gasteiger partial charge < -0.3 is 16.0 Å². The van der Waals surface area contributed by atoms with Crippen molar-refractivity contribution in [3.8, 4) is 0 Å². The third kappa shape index (κ3) is 3.23. The Morgan fingerprint density at radius 1 is 1.23 bits per heavy atom. The van der Waals surface area contributed by atoms with Gasteiger partial charge in [0.2, 0.25) is 0 Å². The number of amides is 2. The van der Waals surface area contributed by atoms with E-state index in [0.717, 1.165) is 11.1 Å². The van der Waals surface area contributed by atoms with E-state index < -0.39 is 0 Å². The number of fused-ring (bicyclic) bond motifs is 1. The molecule has 3 N–H and O–H groups in total. The second-order valence-corrected chi connectivity index (χ2v) is 6.30. The molecule has 0 aliphatic rings. The SMILES string of the molecule is Cc1cc2cccc(N)c2n1C(=O)c1ccnc(CNC(=O)N(C)C)c1. The summed E-state index contributed by atoms with van der Waals surface area (Å²) in [7, 11) is 3.32.